The van der Waals surface area contributed by atoms with Gasteiger partial charge >= 0.3 is 0 Å². The molecule has 1 aliphatic heterocycles. The highest BCUT2D eigenvalue weighted by molar-refractivity contribution is 7.81. The second kappa shape index (κ2) is 8.17. The number of anilines is 1. The number of benzene rings is 1. The predicted molar refractivity (Wildman–Crippen MR) is 86.1 cm³/mol. The largest absolute Gasteiger partial charge is 0.355 e. The van der Waals surface area contributed by atoms with Gasteiger partial charge in [-0.05, 0) is 50.0 Å². The van der Waals surface area contributed by atoms with Gasteiger partial charge in [0.2, 0.25) is 5.91 Å². The van der Waals surface area contributed by atoms with Crippen LogP contribution in [-0.4, -0.2) is 37.0 Å². The van der Waals surface area contributed by atoms with Gasteiger partial charge in [0.1, 0.15) is 0 Å². The van der Waals surface area contributed by atoms with Gasteiger partial charge in [-0.2, -0.15) is 0 Å². The summed E-state index contributed by atoms with van der Waals surface area (Å²) < 4.78 is 2.79. The van der Waals surface area contributed by atoms with Crippen LogP contribution in [0.1, 0.15) is 24.8 Å². The molecule has 0 radical (unpaired) electrons. The summed E-state index contributed by atoms with van der Waals surface area (Å²) in [6.45, 7) is 3.36. The van der Waals surface area contributed by atoms with Gasteiger partial charge in [0.05, 0.1) is 6.54 Å². The molecular weight excluding hydrogens is 270 g/mol. The van der Waals surface area contributed by atoms with Gasteiger partial charge in [0, 0.05) is 12.2 Å². The lowest BCUT2D eigenvalue weighted by atomic mass is 10.1. The van der Waals surface area contributed by atoms with Crippen molar-refractivity contribution in [1.29, 1.82) is 0 Å². The van der Waals surface area contributed by atoms with Crippen LogP contribution < -0.4 is 10.0 Å². The van der Waals surface area contributed by atoms with Crippen LogP contribution in [0.5, 0.6) is 0 Å². The monoisotopic (exact) mass is 293 g/mol. The average Bonchev–Trinajstić information content (AvgIpc) is 2.49. The molecule has 1 aromatic rings. The van der Waals surface area contributed by atoms with Crippen LogP contribution in [0.25, 0.3) is 0 Å². The molecule has 1 saturated heterocycles. The Morgan fingerprint density at radius 1 is 1.15 bits per heavy atom. The first-order valence-electron chi connectivity index (χ1n) is 7.26. The fraction of sp³-hybridized carbons (Fsp3) is 0.533. The smallest absolute Gasteiger partial charge is 0.234 e. The molecule has 0 spiro atoms. The van der Waals surface area contributed by atoms with Crippen molar-refractivity contribution >= 4 is 24.4 Å². The summed E-state index contributed by atoms with van der Waals surface area (Å²) in [6.07, 6.45) is 4.60. The van der Waals surface area contributed by atoms with Crippen molar-refractivity contribution in [3.8, 4) is 0 Å². The van der Waals surface area contributed by atoms with Gasteiger partial charge in [-0.1, -0.05) is 31.4 Å². The Bertz CT molecular complexity index is 416. The van der Waals surface area contributed by atoms with E-state index >= 15 is 0 Å². The highest BCUT2D eigenvalue weighted by atomic mass is 32.1. The molecule has 1 fully saturated rings. The molecular formula is C15H23N3OS. The van der Waals surface area contributed by atoms with E-state index < -0.39 is 0 Å². The molecule has 2 rings (SSSR count). The zero-order valence-electron chi connectivity index (χ0n) is 11.8. The van der Waals surface area contributed by atoms with Crippen molar-refractivity contribution in [3.05, 3.63) is 29.8 Å². The van der Waals surface area contributed by atoms with Gasteiger partial charge in [-0.25, -0.2) is 0 Å². The first-order valence-corrected chi connectivity index (χ1v) is 7.71. The normalized spacial score (nSPS) is 15.8. The number of amides is 1. The molecule has 5 heteroatoms. The number of hydrogen-bond donors (Lipinski definition) is 3. The quantitative estimate of drug-likeness (QED) is 0.704. The minimum atomic E-state index is 0.139. The van der Waals surface area contributed by atoms with E-state index in [1.54, 1.807) is 0 Å². The van der Waals surface area contributed by atoms with Crippen molar-refractivity contribution in [3.63, 3.8) is 0 Å². The van der Waals surface area contributed by atoms with E-state index in [0.29, 0.717) is 13.1 Å². The maximum absolute atomic E-state index is 11.8. The number of thiol groups is 1. The Morgan fingerprint density at radius 3 is 2.50 bits per heavy atom. The first-order chi connectivity index (χ1) is 9.78. The lowest BCUT2D eigenvalue weighted by Crippen LogP contribution is -2.40. The topological polar surface area (TPSA) is 44.4 Å². The highest BCUT2D eigenvalue weighted by Crippen LogP contribution is 2.10. The van der Waals surface area contributed by atoms with Crippen LogP contribution in [0.3, 0.4) is 0 Å². The van der Waals surface area contributed by atoms with Gasteiger partial charge in [-0.15, -0.1) is 0 Å². The molecule has 0 saturated carbocycles. The van der Waals surface area contributed by atoms with Crippen molar-refractivity contribution in [2.24, 2.45) is 0 Å². The van der Waals surface area contributed by atoms with Crippen molar-refractivity contribution in [2.75, 3.05) is 30.9 Å². The molecule has 0 aromatic heterocycles. The zero-order chi connectivity index (χ0) is 14.2. The molecule has 0 unspecified atom stereocenters. The highest BCUT2D eigenvalue weighted by Gasteiger charge is 2.13. The molecule has 0 atom stereocenters. The SMILES string of the molecule is O=C(CN1CCCCC1)NCCc1ccc(NS)cc1. The lowest BCUT2D eigenvalue weighted by molar-refractivity contribution is -0.122. The first kappa shape index (κ1) is 15.2. The van der Waals surface area contributed by atoms with Gasteiger partial charge < -0.3 is 10.0 Å². The Labute approximate surface area is 126 Å². The van der Waals surface area contributed by atoms with Crippen LogP contribution in [0.2, 0.25) is 0 Å². The van der Waals surface area contributed by atoms with Gasteiger partial charge in [0.15, 0.2) is 0 Å². The van der Waals surface area contributed by atoms with Crippen molar-refractivity contribution in [1.82, 2.24) is 10.2 Å². The zero-order valence-corrected chi connectivity index (χ0v) is 12.7. The van der Waals surface area contributed by atoms with Crippen LogP contribution in [0.4, 0.5) is 5.69 Å². The third-order valence-corrected chi connectivity index (χ3v) is 3.89. The molecule has 2 N–H and O–H groups in total. The van der Waals surface area contributed by atoms with E-state index in [2.05, 4.69) is 39.9 Å². The molecule has 1 amide bonds. The van der Waals surface area contributed by atoms with Gasteiger partial charge in [-0.3, -0.25) is 9.69 Å². The molecule has 1 aliphatic rings. The fourth-order valence-electron chi connectivity index (χ4n) is 2.47. The molecule has 1 aromatic carbocycles. The van der Waals surface area contributed by atoms with E-state index in [1.807, 2.05) is 12.1 Å². The van der Waals surface area contributed by atoms with Crippen LogP contribution in [-0.2, 0) is 11.2 Å². The van der Waals surface area contributed by atoms with Crippen LogP contribution in [0, 0.1) is 0 Å². The van der Waals surface area contributed by atoms with Crippen molar-refractivity contribution in [2.45, 2.75) is 25.7 Å². The Kier molecular flexibility index (Phi) is 6.21. The molecule has 4 nitrogen and oxygen atoms in total. The van der Waals surface area contributed by atoms with E-state index in [0.717, 1.165) is 25.2 Å². The number of nitrogens with zero attached hydrogens (tertiary/aromatic N) is 1. The summed E-state index contributed by atoms with van der Waals surface area (Å²) in [4.78, 5) is 14.1. The summed E-state index contributed by atoms with van der Waals surface area (Å²) in [7, 11) is 0. The number of nitrogens with one attached hydrogen (secondary N) is 2. The number of carbonyl (C=O) groups excluding carboxylic acids is 1. The van der Waals surface area contributed by atoms with E-state index in [1.165, 1.54) is 24.8 Å². The van der Waals surface area contributed by atoms with E-state index in [4.69, 9.17) is 0 Å². The Balaban J connectivity index is 1.65. The second-order valence-electron chi connectivity index (χ2n) is 5.25. The Hall–Kier alpha value is -1.20. The number of carbonyl (C=O) groups is 1. The summed E-state index contributed by atoms with van der Waals surface area (Å²) in [6, 6.07) is 8.07. The van der Waals surface area contributed by atoms with Crippen LogP contribution >= 0.6 is 12.8 Å². The van der Waals surface area contributed by atoms with Crippen molar-refractivity contribution < 1.29 is 4.79 Å². The molecule has 20 heavy (non-hydrogen) atoms. The van der Waals surface area contributed by atoms with E-state index in [-0.39, 0.29) is 5.91 Å². The average molecular weight is 293 g/mol. The minimum Gasteiger partial charge on any atom is -0.355 e. The standard InChI is InChI=1S/C15H23N3OS/c19-15(12-18-10-2-1-3-11-18)16-9-8-13-4-6-14(17-20)7-5-13/h4-7,17,20H,1-3,8-12H2,(H,16,19). The maximum Gasteiger partial charge on any atom is 0.234 e. The summed E-state index contributed by atoms with van der Waals surface area (Å²) in [5.74, 6) is 0.139. The Morgan fingerprint density at radius 2 is 1.85 bits per heavy atom. The molecule has 0 aliphatic carbocycles. The number of hydrogen-bond acceptors (Lipinski definition) is 4. The number of likely N-dealkylation sites (tertiary alicyclic amines) is 1. The minimum absolute atomic E-state index is 0.139. The van der Waals surface area contributed by atoms with Crippen LogP contribution in [0.15, 0.2) is 24.3 Å². The number of piperidine rings is 1. The second-order valence-corrected chi connectivity index (χ2v) is 5.47. The third-order valence-electron chi connectivity index (χ3n) is 3.63. The lowest BCUT2D eigenvalue weighted by Gasteiger charge is -2.25. The number of rotatable bonds is 6. The molecule has 0 bridgehead atoms. The third kappa shape index (κ3) is 5.06. The van der Waals surface area contributed by atoms with Gasteiger partial charge in [0.25, 0.3) is 0 Å². The van der Waals surface area contributed by atoms with E-state index in [9.17, 15) is 4.79 Å². The molecule has 110 valence electrons. The predicted octanol–water partition coefficient (Wildman–Crippen LogP) is 2.09. The summed E-state index contributed by atoms with van der Waals surface area (Å²) >= 11 is 3.99. The molecule has 1 heterocycles. The maximum atomic E-state index is 11.8. The summed E-state index contributed by atoms with van der Waals surface area (Å²) in [5, 5.41) is 3.00. The fourth-order valence-corrected chi connectivity index (χ4v) is 2.62. The summed E-state index contributed by atoms with van der Waals surface area (Å²) in [5.41, 5.74) is 2.20.